The summed E-state index contributed by atoms with van der Waals surface area (Å²) in [4.78, 5) is 35.8. The van der Waals surface area contributed by atoms with Gasteiger partial charge < -0.3 is 16.4 Å². The van der Waals surface area contributed by atoms with Gasteiger partial charge in [0.2, 0.25) is 15.9 Å². The van der Waals surface area contributed by atoms with Gasteiger partial charge >= 0.3 is 0 Å². The molecule has 0 saturated heterocycles. The van der Waals surface area contributed by atoms with Gasteiger partial charge in [-0.1, -0.05) is 12.1 Å². The monoisotopic (exact) mass is 496 g/mol. The van der Waals surface area contributed by atoms with Crippen LogP contribution in [0.5, 0.6) is 0 Å². The number of carbonyl (C=O) groups is 3. The van der Waals surface area contributed by atoms with Gasteiger partial charge in [-0.25, -0.2) is 12.7 Å². The molecular weight excluding hydrogens is 476 g/mol. The molecule has 0 aliphatic rings. The molecule has 2 aromatic carbocycles. The smallest absolute Gasteiger partial charge is 0.255 e. The van der Waals surface area contributed by atoms with E-state index in [2.05, 4.69) is 26.6 Å². The van der Waals surface area contributed by atoms with E-state index < -0.39 is 27.7 Å². The Morgan fingerprint density at radius 3 is 2.37 bits per heavy atom. The van der Waals surface area contributed by atoms with Gasteiger partial charge in [-0.3, -0.25) is 14.4 Å². The molecule has 0 bridgehead atoms. The van der Waals surface area contributed by atoms with Crippen molar-refractivity contribution in [1.29, 1.82) is 0 Å². The normalized spacial score (nSPS) is 11.2. The molecule has 0 spiro atoms. The Hall–Kier alpha value is -2.76. The van der Waals surface area contributed by atoms with Crippen molar-refractivity contribution in [3.63, 3.8) is 0 Å². The van der Waals surface area contributed by atoms with Crippen LogP contribution >= 0.6 is 15.9 Å². The van der Waals surface area contributed by atoms with Gasteiger partial charge in [0, 0.05) is 37.1 Å². The molecule has 0 saturated carbocycles. The number of rotatable bonds is 8. The van der Waals surface area contributed by atoms with Crippen molar-refractivity contribution in [2.24, 2.45) is 5.73 Å². The lowest BCUT2D eigenvalue weighted by Gasteiger charge is -2.15. The summed E-state index contributed by atoms with van der Waals surface area (Å²) >= 11 is 3.19. The maximum Gasteiger partial charge on any atom is 0.255 e. The van der Waals surface area contributed by atoms with E-state index in [1.165, 1.54) is 44.4 Å². The van der Waals surface area contributed by atoms with E-state index in [1.807, 2.05) is 0 Å². The summed E-state index contributed by atoms with van der Waals surface area (Å²) in [5.41, 5.74) is 5.58. The molecule has 0 fully saturated rings. The lowest BCUT2D eigenvalue weighted by Crippen LogP contribution is -2.29. The number of anilines is 1. The van der Waals surface area contributed by atoms with Crippen LogP contribution in [0.1, 0.15) is 27.1 Å². The van der Waals surface area contributed by atoms with E-state index in [4.69, 9.17) is 5.73 Å². The van der Waals surface area contributed by atoms with E-state index in [9.17, 15) is 22.8 Å². The topological polar surface area (TPSA) is 139 Å². The minimum atomic E-state index is -3.77. The fourth-order valence-electron chi connectivity index (χ4n) is 2.42. The summed E-state index contributed by atoms with van der Waals surface area (Å²) in [5.74, 6) is -1.62. The quantitative estimate of drug-likeness (QED) is 0.508. The van der Waals surface area contributed by atoms with Crippen molar-refractivity contribution in [2.75, 3.05) is 26.0 Å². The highest BCUT2D eigenvalue weighted by atomic mass is 79.9. The van der Waals surface area contributed by atoms with Crippen LogP contribution in [0.3, 0.4) is 0 Å². The first kappa shape index (κ1) is 23.5. The van der Waals surface area contributed by atoms with Gasteiger partial charge in [0.25, 0.3) is 11.8 Å². The number of primary amides is 1. The summed E-state index contributed by atoms with van der Waals surface area (Å²) in [7, 11) is -0.990. The lowest BCUT2D eigenvalue weighted by molar-refractivity contribution is -0.117. The van der Waals surface area contributed by atoms with Crippen molar-refractivity contribution in [2.45, 2.75) is 11.3 Å². The van der Waals surface area contributed by atoms with Crippen LogP contribution in [-0.2, 0) is 14.8 Å². The highest BCUT2D eigenvalue weighted by molar-refractivity contribution is 9.10. The fraction of sp³-hybridized carbons (Fsp3) is 0.211. The lowest BCUT2D eigenvalue weighted by atomic mass is 10.1. The molecule has 0 heterocycles. The second-order valence-corrected chi connectivity index (χ2v) is 9.38. The minimum Gasteiger partial charge on any atom is -0.370 e. The Bertz CT molecular complexity index is 1090. The predicted molar refractivity (Wildman–Crippen MR) is 116 cm³/mol. The van der Waals surface area contributed by atoms with Crippen LogP contribution in [0.25, 0.3) is 0 Å². The second kappa shape index (κ2) is 9.83. The Morgan fingerprint density at radius 1 is 1.07 bits per heavy atom. The molecule has 9 nitrogen and oxygen atoms in total. The first-order chi connectivity index (χ1) is 14.0. The summed E-state index contributed by atoms with van der Waals surface area (Å²) in [6.07, 6.45) is -0.0116. The number of nitrogens with zero attached hydrogens (tertiary/aromatic N) is 1. The van der Waals surface area contributed by atoms with Gasteiger partial charge in [0.1, 0.15) is 0 Å². The third-order valence-corrected chi connectivity index (χ3v) is 6.84. The van der Waals surface area contributed by atoms with Gasteiger partial charge in [-0.05, 0) is 46.3 Å². The number of amides is 3. The molecular formula is C19H21BrN4O5S. The highest BCUT2D eigenvalue weighted by Crippen LogP contribution is 2.26. The summed E-state index contributed by atoms with van der Waals surface area (Å²) in [5, 5.41) is 5.17. The molecule has 11 heteroatoms. The summed E-state index contributed by atoms with van der Waals surface area (Å²) in [6, 6.07) is 10.5. The Balaban J connectivity index is 2.27. The fourth-order valence-corrected chi connectivity index (χ4v) is 4.26. The van der Waals surface area contributed by atoms with Crippen LogP contribution in [0.2, 0.25) is 0 Å². The number of nitrogens with two attached hydrogens (primary N) is 1. The number of nitrogens with one attached hydrogen (secondary N) is 2. The number of halogens is 1. The maximum absolute atomic E-state index is 12.7. The average molecular weight is 497 g/mol. The first-order valence-corrected chi connectivity index (χ1v) is 11.0. The zero-order chi connectivity index (χ0) is 22.5. The molecule has 4 N–H and O–H groups in total. The molecule has 0 radical (unpaired) electrons. The molecule has 160 valence electrons. The van der Waals surface area contributed by atoms with Gasteiger partial charge in [-0.2, -0.15) is 0 Å². The third kappa shape index (κ3) is 5.65. The van der Waals surface area contributed by atoms with Crippen LogP contribution in [-0.4, -0.2) is 51.1 Å². The number of benzene rings is 2. The molecule has 2 rings (SSSR count). The van der Waals surface area contributed by atoms with Gasteiger partial charge in [-0.15, -0.1) is 0 Å². The van der Waals surface area contributed by atoms with Crippen LogP contribution < -0.4 is 16.4 Å². The molecule has 0 aromatic heterocycles. The largest absolute Gasteiger partial charge is 0.370 e. The zero-order valence-electron chi connectivity index (χ0n) is 16.3. The molecule has 3 amide bonds. The second-order valence-electron chi connectivity index (χ2n) is 6.40. The zero-order valence-corrected chi connectivity index (χ0v) is 18.7. The summed E-state index contributed by atoms with van der Waals surface area (Å²) in [6.45, 7) is 0.0644. The van der Waals surface area contributed by atoms with Crippen molar-refractivity contribution in [3.8, 4) is 0 Å². The Morgan fingerprint density at radius 2 is 1.73 bits per heavy atom. The molecule has 0 atom stereocenters. The van der Waals surface area contributed by atoms with Crippen molar-refractivity contribution >= 4 is 49.4 Å². The van der Waals surface area contributed by atoms with E-state index in [-0.39, 0.29) is 34.7 Å². The number of hydrogen-bond donors (Lipinski definition) is 3. The Kier molecular flexibility index (Phi) is 7.71. The van der Waals surface area contributed by atoms with Crippen molar-refractivity contribution in [1.82, 2.24) is 9.62 Å². The van der Waals surface area contributed by atoms with E-state index in [1.54, 1.807) is 12.1 Å². The third-order valence-electron chi connectivity index (χ3n) is 4.03. The molecule has 0 unspecified atom stereocenters. The molecule has 2 aromatic rings. The highest BCUT2D eigenvalue weighted by Gasteiger charge is 2.22. The van der Waals surface area contributed by atoms with Crippen molar-refractivity contribution < 1.29 is 22.8 Å². The van der Waals surface area contributed by atoms with Gasteiger partial charge in [0.15, 0.2) is 0 Å². The molecule has 0 aliphatic carbocycles. The Labute approximate surface area is 182 Å². The SMILES string of the molecule is CN(C)S(=O)(=O)c1cc(C(=O)Nc2ccccc2C(=O)NCCC(N)=O)ccc1Br. The number of carbonyl (C=O) groups excluding carboxylic acids is 3. The molecule has 0 aliphatic heterocycles. The molecule has 30 heavy (non-hydrogen) atoms. The van der Waals surface area contributed by atoms with Crippen LogP contribution in [0.15, 0.2) is 51.8 Å². The maximum atomic E-state index is 12.7. The number of para-hydroxylation sites is 1. The van der Waals surface area contributed by atoms with Crippen LogP contribution in [0.4, 0.5) is 5.69 Å². The van der Waals surface area contributed by atoms with Gasteiger partial charge in [0.05, 0.1) is 16.1 Å². The standard InChI is InChI=1S/C19H21BrN4O5S/c1-24(2)30(28,29)16-11-12(7-8-14(16)20)18(26)23-15-6-4-3-5-13(15)19(27)22-10-9-17(21)25/h3-8,11H,9-10H2,1-2H3,(H2,21,25)(H,22,27)(H,23,26). The van der Waals surface area contributed by atoms with Crippen molar-refractivity contribution in [3.05, 3.63) is 58.1 Å². The number of hydrogen-bond acceptors (Lipinski definition) is 5. The van der Waals surface area contributed by atoms with E-state index in [0.29, 0.717) is 4.47 Å². The predicted octanol–water partition coefficient (Wildman–Crippen LogP) is 1.56. The van der Waals surface area contributed by atoms with E-state index >= 15 is 0 Å². The first-order valence-electron chi connectivity index (χ1n) is 8.73. The number of sulfonamides is 1. The van der Waals surface area contributed by atoms with Crippen LogP contribution in [0, 0.1) is 0 Å². The van der Waals surface area contributed by atoms with E-state index in [0.717, 1.165) is 4.31 Å². The summed E-state index contributed by atoms with van der Waals surface area (Å²) < 4.78 is 26.3. The minimum absolute atomic E-state index is 0.0116. The average Bonchev–Trinajstić information content (AvgIpc) is 2.68.